The Balaban J connectivity index is 1.67. The van der Waals surface area contributed by atoms with Gasteiger partial charge in [-0.1, -0.05) is 13.8 Å². The lowest BCUT2D eigenvalue weighted by molar-refractivity contribution is 0.121. The molecule has 0 saturated carbocycles. The van der Waals surface area contributed by atoms with Gasteiger partial charge < -0.3 is 24.0 Å². The summed E-state index contributed by atoms with van der Waals surface area (Å²) in [6, 6.07) is 5.90. The van der Waals surface area contributed by atoms with Gasteiger partial charge in [0.1, 0.15) is 11.6 Å². The van der Waals surface area contributed by atoms with Crippen molar-refractivity contribution in [1.29, 1.82) is 0 Å². The second-order valence-electron chi connectivity index (χ2n) is 8.25. The van der Waals surface area contributed by atoms with Crippen LogP contribution in [0.3, 0.4) is 0 Å². The van der Waals surface area contributed by atoms with Crippen molar-refractivity contribution < 1.29 is 14.2 Å². The van der Waals surface area contributed by atoms with Gasteiger partial charge in [-0.05, 0) is 12.1 Å². The van der Waals surface area contributed by atoms with Crippen LogP contribution in [0.15, 0.2) is 18.2 Å². The van der Waals surface area contributed by atoms with Crippen molar-refractivity contribution in [2.75, 3.05) is 69.5 Å². The number of ether oxygens (including phenoxy) is 3. The van der Waals surface area contributed by atoms with E-state index in [1.807, 2.05) is 18.2 Å². The van der Waals surface area contributed by atoms with Crippen molar-refractivity contribution in [1.82, 2.24) is 24.5 Å². The third-order valence-corrected chi connectivity index (χ3v) is 5.79. The monoisotopic (exact) mass is 439 g/mol. The molecule has 2 aliphatic heterocycles. The van der Waals surface area contributed by atoms with E-state index in [9.17, 15) is 0 Å². The van der Waals surface area contributed by atoms with Gasteiger partial charge >= 0.3 is 0 Å². The Hall–Kier alpha value is -2.98. The maximum atomic E-state index is 5.53. The van der Waals surface area contributed by atoms with Gasteiger partial charge in [0.2, 0.25) is 17.8 Å². The Morgan fingerprint density at radius 1 is 0.812 bits per heavy atom. The summed E-state index contributed by atoms with van der Waals surface area (Å²) in [5.74, 6) is 3.79. The minimum Gasteiger partial charge on any atom is -0.497 e. The van der Waals surface area contributed by atoms with Crippen molar-refractivity contribution in [2.24, 2.45) is 0 Å². The Labute approximate surface area is 187 Å². The minimum absolute atomic E-state index is 0.184. The lowest BCUT2D eigenvalue weighted by Crippen LogP contribution is -2.40. The van der Waals surface area contributed by atoms with Gasteiger partial charge in [0, 0.05) is 38.2 Å². The number of methoxy groups -OCH3 is 1. The highest BCUT2D eigenvalue weighted by molar-refractivity contribution is 5.79. The van der Waals surface area contributed by atoms with Gasteiger partial charge in [-0.15, -0.1) is 0 Å². The molecule has 32 heavy (non-hydrogen) atoms. The smallest absolute Gasteiger partial charge is 0.242 e. The number of hydrogen-bond donors (Lipinski definition) is 0. The van der Waals surface area contributed by atoms with Gasteiger partial charge in [0.05, 0.1) is 44.6 Å². The van der Waals surface area contributed by atoms with E-state index in [-0.39, 0.29) is 5.92 Å². The summed E-state index contributed by atoms with van der Waals surface area (Å²) in [5, 5.41) is 0. The molecular weight excluding hydrogens is 410 g/mol. The van der Waals surface area contributed by atoms with Crippen molar-refractivity contribution >= 4 is 22.9 Å². The zero-order valence-corrected chi connectivity index (χ0v) is 18.8. The topological polar surface area (TPSA) is 90.7 Å². The first-order valence-electron chi connectivity index (χ1n) is 11.1. The van der Waals surface area contributed by atoms with Crippen LogP contribution in [0.1, 0.15) is 25.6 Å². The van der Waals surface area contributed by atoms with E-state index in [2.05, 4.69) is 28.2 Å². The maximum Gasteiger partial charge on any atom is 0.242 e. The van der Waals surface area contributed by atoms with Crippen molar-refractivity contribution in [3.63, 3.8) is 0 Å². The van der Waals surface area contributed by atoms with E-state index < -0.39 is 0 Å². The number of nitrogens with zero attached hydrogens (tertiary/aromatic N) is 7. The average molecular weight is 440 g/mol. The van der Waals surface area contributed by atoms with Crippen LogP contribution in [0, 0.1) is 0 Å². The number of morpholine rings is 2. The molecule has 0 aliphatic carbocycles. The van der Waals surface area contributed by atoms with E-state index in [1.165, 1.54) is 0 Å². The predicted octanol–water partition coefficient (Wildman–Crippen LogP) is 2.02. The fourth-order valence-corrected chi connectivity index (χ4v) is 4.06. The second kappa shape index (κ2) is 8.87. The van der Waals surface area contributed by atoms with Crippen molar-refractivity contribution in [3.8, 4) is 11.7 Å². The van der Waals surface area contributed by atoms with E-state index in [1.54, 1.807) is 7.11 Å². The van der Waals surface area contributed by atoms with E-state index in [0.29, 0.717) is 44.3 Å². The minimum atomic E-state index is 0.184. The second-order valence-corrected chi connectivity index (χ2v) is 8.25. The number of aromatic nitrogens is 5. The normalized spacial score (nSPS) is 17.4. The molecule has 0 bridgehead atoms. The molecule has 2 aliphatic rings. The quantitative estimate of drug-likeness (QED) is 0.592. The summed E-state index contributed by atoms with van der Waals surface area (Å²) >= 11 is 0. The summed E-state index contributed by atoms with van der Waals surface area (Å²) in [7, 11) is 1.66. The highest BCUT2D eigenvalue weighted by Gasteiger charge is 2.24. The highest BCUT2D eigenvalue weighted by atomic mass is 16.5. The van der Waals surface area contributed by atoms with Crippen LogP contribution in [-0.4, -0.2) is 84.2 Å². The Morgan fingerprint density at radius 3 is 1.91 bits per heavy atom. The number of hydrogen-bond acceptors (Lipinski definition) is 9. The van der Waals surface area contributed by atoms with Gasteiger partial charge in [0.25, 0.3) is 0 Å². The molecule has 10 heteroatoms. The molecule has 1 aromatic carbocycles. The Bertz CT molecular complexity index is 1050. The standard InChI is InChI=1S/C22H29N7O3/c1-15(2)19-23-17-14-16(30-3)4-5-18(17)29(19)22-25-20(27-6-10-31-11-7-27)24-21(26-22)28-8-12-32-13-9-28/h4-5,14-15H,6-13H2,1-3H3. The van der Waals surface area contributed by atoms with Crippen LogP contribution in [0.25, 0.3) is 17.0 Å². The molecule has 5 rings (SSSR count). The number of fused-ring (bicyclic) bond motifs is 1. The number of benzene rings is 1. The van der Waals surface area contributed by atoms with E-state index >= 15 is 0 Å². The van der Waals surface area contributed by atoms with Crippen LogP contribution in [0.2, 0.25) is 0 Å². The summed E-state index contributed by atoms with van der Waals surface area (Å²) in [4.78, 5) is 23.9. The van der Waals surface area contributed by atoms with Gasteiger partial charge in [0.15, 0.2) is 0 Å². The molecule has 0 unspecified atom stereocenters. The molecule has 2 fully saturated rings. The summed E-state index contributed by atoms with van der Waals surface area (Å²) < 4.78 is 18.5. The first kappa shape index (κ1) is 20.9. The van der Waals surface area contributed by atoms with Crippen molar-refractivity contribution in [2.45, 2.75) is 19.8 Å². The molecule has 4 heterocycles. The summed E-state index contributed by atoms with van der Waals surface area (Å²) in [5.41, 5.74) is 1.80. The molecule has 10 nitrogen and oxygen atoms in total. The zero-order valence-electron chi connectivity index (χ0n) is 18.8. The van der Waals surface area contributed by atoms with Crippen LogP contribution in [-0.2, 0) is 9.47 Å². The molecular formula is C22H29N7O3. The first-order chi connectivity index (χ1) is 15.6. The van der Waals surface area contributed by atoms with E-state index in [4.69, 9.17) is 34.1 Å². The Morgan fingerprint density at radius 2 is 1.38 bits per heavy atom. The largest absolute Gasteiger partial charge is 0.497 e. The molecule has 2 aromatic heterocycles. The molecule has 170 valence electrons. The van der Waals surface area contributed by atoms with Crippen LogP contribution in [0.5, 0.6) is 5.75 Å². The zero-order chi connectivity index (χ0) is 22.1. The van der Waals surface area contributed by atoms with Crippen molar-refractivity contribution in [3.05, 3.63) is 24.0 Å². The predicted molar refractivity (Wildman–Crippen MR) is 121 cm³/mol. The lowest BCUT2D eigenvalue weighted by atomic mass is 10.2. The average Bonchev–Trinajstić information content (AvgIpc) is 3.24. The van der Waals surface area contributed by atoms with Gasteiger partial charge in [-0.25, -0.2) is 4.98 Å². The Kier molecular flexibility index (Phi) is 5.79. The molecule has 0 radical (unpaired) electrons. The number of rotatable bonds is 5. The first-order valence-corrected chi connectivity index (χ1v) is 11.1. The fraction of sp³-hybridized carbons (Fsp3) is 0.545. The van der Waals surface area contributed by atoms with Gasteiger partial charge in [-0.2, -0.15) is 15.0 Å². The molecule has 0 N–H and O–H groups in total. The molecule has 0 spiro atoms. The number of anilines is 2. The fourth-order valence-electron chi connectivity index (χ4n) is 4.06. The van der Waals surface area contributed by atoms with E-state index in [0.717, 1.165) is 48.8 Å². The highest BCUT2D eigenvalue weighted by Crippen LogP contribution is 2.29. The molecule has 2 saturated heterocycles. The van der Waals surface area contributed by atoms with Gasteiger partial charge in [-0.3, -0.25) is 4.57 Å². The van der Waals surface area contributed by atoms with Crippen LogP contribution in [0.4, 0.5) is 11.9 Å². The number of imidazole rings is 1. The molecule has 3 aromatic rings. The van der Waals surface area contributed by atoms with Crippen LogP contribution >= 0.6 is 0 Å². The third-order valence-electron chi connectivity index (χ3n) is 5.79. The molecule has 0 atom stereocenters. The summed E-state index contributed by atoms with van der Waals surface area (Å²) in [6.07, 6.45) is 0. The summed E-state index contributed by atoms with van der Waals surface area (Å²) in [6.45, 7) is 9.94. The molecule has 0 amide bonds. The third kappa shape index (κ3) is 3.95. The lowest BCUT2D eigenvalue weighted by Gasteiger charge is -2.30. The SMILES string of the molecule is COc1ccc2c(c1)nc(C(C)C)n2-c1nc(N2CCOCC2)nc(N2CCOCC2)n1. The maximum absolute atomic E-state index is 5.53. The van der Waals surface area contributed by atoms with Crippen LogP contribution < -0.4 is 14.5 Å².